The van der Waals surface area contributed by atoms with Gasteiger partial charge in [0.2, 0.25) is 0 Å². The molecule has 0 bridgehead atoms. The van der Waals surface area contributed by atoms with E-state index in [-0.39, 0.29) is 10.0 Å². The van der Waals surface area contributed by atoms with Gasteiger partial charge in [-0.3, -0.25) is 0 Å². The molecule has 1 aliphatic heterocycles. The van der Waals surface area contributed by atoms with Crippen LogP contribution < -0.4 is 0 Å². The van der Waals surface area contributed by atoms with Gasteiger partial charge in [-0.15, -0.1) is 0 Å². The van der Waals surface area contributed by atoms with E-state index in [2.05, 4.69) is 37.4 Å². The third-order valence-electron chi connectivity index (χ3n) is 1.85. The average molecular weight is 146 g/mol. The van der Waals surface area contributed by atoms with Gasteiger partial charge in [-0.25, -0.2) is 4.58 Å². The highest BCUT2D eigenvalue weighted by Gasteiger charge is 2.42. The molecular formula is C7H16NS+. The maximum atomic E-state index is 2.40. The van der Waals surface area contributed by atoms with Crippen molar-refractivity contribution in [2.24, 2.45) is 0 Å². The maximum Gasteiger partial charge on any atom is 0.180 e. The summed E-state index contributed by atoms with van der Waals surface area (Å²) in [4.78, 5) is 0. The van der Waals surface area contributed by atoms with Crippen molar-refractivity contribution in [1.82, 2.24) is 0 Å². The molecule has 0 aromatic rings. The fraction of sp³-hybridized carbons (Fsp3) is 0.857. The maximum absolute atomic E-state index is 2.40. The summed E-state index contributed by atoms with van der Waals surface area (Å²) in [5.74, 6) is 1.45. The number of hydrogen-bond donors (Lipinski definition) is 0. The molecule has 1 heterocycles. The highest BCUT2D eigenvalue weighted by Crippen LogP contribution is 2.62. The van der Waals surface area contributed by atoms with E-state index in [9.17, 15) is 0 Å². The molecule has 2 atom stereocenters. The van der Waals surface area contributed by atoms with Gasteiger partial charge in [-0.2, -0.15) is 10.0 Å². The van der Waals surface area contributed by atoms with Gasteiger partial charge >= 0.3 is 0 Å². The number of nitrogens with zero attached hydrogens (tertiary/aromatic N) is 1. The van der Waals surface area contributed by atoms with Crippen molar-refractivity contribution in [2.45, 2.75) is 12.2 Å². The fourth-order valence-electron chi connectivity index (χ4n) is 1.09. The molecule has 0 aromatic carbocycles. The van der Waals surface area contributed by atoms with Crippen LogP contribution in [0.5, 0.6) is 0 Å². The Morgan fingerprint density at radius 1 is 1.56 bits per heavy atom. The van der Waals surface area contributed by atoms with Crippen molar-refractivity contribution in [3.63, 3.8) is 0 Å². The largest absolute Gasteiger partial charge is 0.237 e. The molecule has 0 saturated carbocycles. The first-order valence-corrected chi connectivity index (χ1v) is 5.64. The van der Waals surface area contributed by atoms with E-state index in [1.54, 1.807) is 0 Å². The van der Waals surface area contributed by atoms with E-state index in [4.69, 9.17) is 0 Å². The van der Waals surface area contributed by atoms with E-state index in [0.717, 1.165) is 5.25 Å². The summed E-state index contributed by atoms with van der Waals surface area (Å²) in [7, 11) is 3.98. The van der Waals surface area contributed by atoms with Crippen LogP contribution >= 0.6 is 10.0 Å². The summed E-state index contributed by atoms with van der Waals surface area (Å²) in [5.41, 5.74) is 2.40. The lowest BCUT2D eigenvalue weighted by Crippen LogP contribution is -1.99. The second-order valence-electron chi connectivity index (χ2n) is 3.28. The molecule has 1 nitrogen and oxygen atoms in total. The lowest BCUT2D eigenvalue weighted by atomic mass is 10.6. The zero-order valence-electron chi connectivity index (χ0n) is 6.72. The molecule has 2 heteroatoms. The Morgan fingerprint density at radius 3 is 2.11 bits per heavy atom. The minimum Gasteiger partial charge on any atom is -0.237 e. The van der Waals surface area contributed by atoms with Crippen molar-refractivity contribution in [3.8, 4) is 0 Å². The van der Waals surface area contributed by atoms with Gasteiger partial charge in [0.1, 0.15) is 14.1 Å². The minimum atomic E-state index is -0.251. The predicted octanol–water partition coefficient (Wildman–Crippen LogP) is 1.12. The molecule has 1 rings (SSSR count). The monoisotopic (exact) mass is 146 g/mol. The molecule has 0 amide bonds. The Hall–Kier alpha value is 0.0200. The first-order valence-electron chi connectivity index (χ1n) is 3.31. The summed E-state index contributed by atoms with van der Waals surface area (Å²) in [6, 6.07) is 0. The average Bonchev–Trinajstić information content (AvgIpc) is 2.10. The molecule has 0 aliphatic carbocycles. The van der Waals surface area contributed by atoms with Crippen molar-refractivity contribution in [1.29, 1.82) is 0 Å². The molecule has 2 unspecified atom stereocenters. The van der Waals surface area contributed by atoms with Crippen LogP contribution in [0, 0.1) is 0 Å². The molecule has 0 spiro atoms. The van der Waals surface area contributed by atoms with E-state index in [0.29, 0.717) is 0 Å². The van der Waals surface area contributed by atoms with Crippen molar-refractivity contribution in [3.05, 3.63) is 0 Å². The molecular weight excluding hydrogens is 130 g/mol. The molecule has 1 fully saturated rings. The van der Waals surface area contributed by atoms with Crippen LogP contribution in [0.1, 0.15) is 6.92 Å². The quantitative estimate of drug-likeness (QED) is 0.226. The lowest BCUT2D eigenvalue weighted by molar-refractivity contribution is -0.456. The Bertz CT molecular complexity index is 149. The van der Waals surface area contributed by atoms with Crippen molar-refractivity contribution < 1.29 is 4.58 Å². The minimum absolute atomic E-state index is 0.251. The molecule has 1 saturated heterocycles. The van der Waals surface area contributed by atoms with Crippen LogP contribution in [0.2, 0.25) is 0 Å². The zero-order chi connectivity index (χ0) is 7.07. The molecule has 0 radical (unpaired) electrons. The van der Waals surface area contributed by atoms with Gasteiger partial charge in [0.05, 0.1) is 0 Å². The topological polar surface area (TPSA) is 3.01 Å². The Labute approximate surface area is 59.1 Å². The summed E-state index contributed by atoms with van der Waals surface area (Å²) < 4.78 is 2.19. The third kappa shape index (κ3) is 1.48. The Kier molecular flexibility index (Phi) is 1.59. The van der Waals surface area contributed by atoms with E-state index < -0.39 is 0 Å². The Balaban J connectivity index is 2.56. The van der Waals surface area contributed by atoms with Gasteiger partial charge in [0, 0.05) is 5.25 Å². The molecule has 0 N–H and O–H groups in total. The van der Waals surface area contributed by atoms with Crippen LogP contribution in [-0.4, -0.2) is 41.5 Å². The van der Waals surface area contributed by atoms with Gasteiger partial charge in [-0.1, -0.05) is 6.92 Å². The standard InChI is InChI=1S/C7H16NS/c1-7-5-9(7,4)6-8(2)3/h6-7H,5H2,1-4H3/q+1. The summed E-state index contributed by atoms with van der Waals surface area (Å²) >= 11 is 0. The molecule has 54 valence electrons. The Morgan fingerprint density at radius 2 is 2.00 bits per heavy atom. The number of rotatable bonds is 1. The molecule has 1 aliphatic rings. The first-order chi connectivity index (χ1) is 4.04. The van der Waals surface area contributed by atoms with E-state index >= 15 is 0 Å². The van der Waals surface area contributed by atoms with Crippen LogP contribution in [0.4, 0.5) is 0 Å². The van der Waals surface area contributed by atoms with Gasteiger partial charge < -0.3 is 0 Å². The summed E-state index contributed by atoms with van der Waals surface area (Å²) in [6.07, 6.45) is 2.40. The van der Waals surface area contributed by atoms with Gasteiger partial charge in [0.15, 0.2) is 5.55 Å². The van der Waals surface area contributed by atoms with Crippen LogP contribution in [0.15, 0.2) is 0 Å². The van der Waals surface area contributed by atoms with Crippen LogP contribution in [0.25, 0.3) is 0 Å². The second-order valence-corrected chi connectivity index (χ2v) is 7.08. The second kappa shape index (κ2) is 2.01. The van der Waals surface area contributed by atoms with Crippen molar-refractivity contribution in [2.75, 3.05) is 26.1 Å². The highest BCUT2D eigenvalue weighted by atomic mass is 32.3. The zero-order valence-corrected chi connectivity index (χ0v) is 7.53. The third-order valence-corrected chi connectivity index (χ3v) is 5.55. The van der Waals surface area contributed by atoms with Crippen LogP contribution in [-0.2, 0) is 0 Å². The molecule has 9 heavy (non-hydrogen) atoms. The number of hydrogen-bond acceptors (Lipinski definition) is 0. The molecule has 0 aromatic heterocycles. The predicted molar refractivity (Wildman–Crippen MR) is 46.0 cm³/mol. The van der Waals surface area contributed by atoms with Gasteiger partial charge in [0.25, 0.3) is 0 Å². The van der Waals surface area contributed by atoms with E-state index in [1.807, 2.05) is 0 Å². The van der Waals surface area contributed by atoms with E-state index in [1.165, 1.54) is 5.75 Å². The first kappa shape index (κ1) is 7.13. The fourth-order valence-corrected chi connectivity index (χ4v) is 3.93. The smallest absolute Gasteiger partial charge is 0.180 e. The SMILES string of the molecule is CC1CS1(C)C=[N+](C)C. The highest BCUT2D eigenvalue weighted by molar-refractivity contribution is 8.49. The van der Waals surface area contributed by atoms with Gasteiger partial charge in [-0.05, 0) is 12.0 Å². The summed E-state index contributed by atoms with van der Waals surface area (Å²) in [6.45, 7) is 2.34. The summed E-state index contributed by atoms with van der Waals surface area (Å²) in [5, 5.41) is 0.986. The van der Waals surface area contributed by atoms with Crippen molar-refractivity contribution >= 4 is 15.6 Å². The lowest BCUT2D eigenvalue weighted by Gasteiger charge is -2.02. The normalized spacial score (nSPS) is 47.3. The van der Waals surface area contributed by atoms with Crippen LogP contribution in [0.3, 0.4) is 0 Å².